The van der Waals surface area contributed by atoms with Crippen LogP contribution in [0.25, 0.3) is 0 Å². The number of nitrogens with two attached hydrogens (primary N) is 1. The van der Waals surface area contributed by atoms with E-state index in [0.29, 0.717) is 12.1 Å². The van der Waals surface area contributed by atoms with Crippen LogP contribution in [0.5, 0.6) is 0 Å². The number of nitro groups is 1. The predicted octanol–water partition coefficient (Wildman–Crippen LogP) is 0.593. The summed E-state index contributed by atoms with van der Waals surface area (Å²) in [6, 6.07) is 0.801. The van der Waals surface area contributed by atoms with Gasteiger partial charge in [0.25, 0.3) is 5.69 Å². The lowest BCUT2D eigenvalue weighted by atomic mass is 10.2. The molecule has 7 nitrogen and oxygen atoms in total. The summed E-state index contributed by atoms with van der Waals surface area (Å²) in [6.07, 6.45) is 0. The highest BCUT2D eigenvalue weighted by molar-refractivity contribution is 7.84. The van der Waals surface area contributed by atoms with Crippen LogP contribution in [0.2, 0.25) is 0 Å². The van der Waals surface area contributed by atoms with Crippen LogP contribution < -0.4 is 5.14 Å². The maximum Gasteiger partial charge on any atom is 0.333 e. The molecule has 2 N–H and O–H groups in total. The molecule has 0 aliphatic heterocycles. The third-order valence-electron chi connectivity index (χ3n) is 1.70. The number of hydrogen-bond donors (Lipinski definition) is 1. The first kappa shape index (κ1) is 13.4. The van der Waals surface area contributed by atoms with Gasteiger partial charge in [-0.3, -0.25) is 14.3 Å². The molecule has 0 spiro atoms. The second kappa shape index (κ2) is 4.69. The fourth-order valence-corrected chi connectivity index (χ4v) is 1.30. The molecule has 1 aromatic carbocycles. The van der Waals surface area contributed by atoms with E-state index < -0.39 is 44.7 Å². The van der Waals surface area contributed by atoms with Crippen molar-refractivity contribution in [2.45, 2.75) is 6.61 Å². The van der Waals surface area contributed by atoms with Crippen molar-refractivity contribution in [1.82, 2.24) is 0 Å². The molecule has 94 valence electrons. The Bertz CT molecular complexity index is 560. The second-order valence-electron chi connectivity index (χ2n) is 2.91. The van der Waals surface area contributed by atoms with E-state index in [1.807, 2.05) is 0 Å². The molecular weight excluding hydrogens is 262 g/mol. The van der Waals surface area contributed by atoms with Crippen LogP contribution in [0.15, 0.2) is 12.1 Å². The highest BCUT2D eigenvalue weighted by Crippen LogP contribution is 2.23. The number of hydrogen-bond acceptors (Lipinski definition) is 5. The maximum absolute atomic E-state index is 12.8. The minimum atomic E-state index is -4.33. The van der Waals surface area contributed by atoms with Crippen molar-refractivity contribution >= 4 is 16.0 Å². The molecule has 0 heterocycles. The zero-order valence-electron chi connectivity index (χ0n) is 8.09. The highest BCUT2D eigenvalue weighted by Gasteiger charge is 2.20. The van der Waals surface area contributed by atoms with Crippen molar-refractivity contribution in [3.05, 3.63) is 39.4 Å². The largest absolute Gasteiger partial charge is 0.333 e. The normalized spacial score (nSPS) is 11.5. The number of halogens is 2. The predicted molar refractivity (Wildman–Crippen MR) is 50.9 cm³/mol. The number of nitrogens with zero attached hydrogens (tertiary/aromatic N) is 1. The van der Waals surface area contributed by atoms with Crippen molar-refractivity contribution in [3.63, 3.8) is 0 Å². The second-order valence-corrected chi connectivity index (χ2v) is 4.13. The lowest BCUT2D eigenvalue weighted by Crippen LogP contribution is -2.16. The van der Waals surface area contributed by atoms with Crippen LogP contribution >= 0.6 is 0 Å². The summed E-state index contributed by atoms with van der Waals surface area (Å²) >= 11 is 0. The van der Waals surface area contributed by atoms with E-state index in [2.05, 4.69) is 9.32 Å². The van der Waals surface area contributed by atoms with Gasteiger partial charge in [-0.15, -0.1) is 0 Å². The van der Waals surface area contributed by atoms with Crippen LogP contribution in [-0.4, -0.2) is 13.3 Å². The van der Waals surface area contributed by atoms with Gasteiger partial charge < -0.3 is 0 Å². The molecule has 0 saturated heterocycles. The van der Waals surface area contributed by atoms with Gasteiger partial charge in [0.2, 0.25) is 0 Å². The van der Waals surface area contributed by atoms with Crippen molar-refractivity contribution in [1.29, 1.82) is 0 Å². The molecule has 0 atom stereocenters. The van der Waals surface area contributed by atoms with Crippen molar-refractivity contribution in [3.8, 4) is 0 Å². The summed E-state index contributed by atoms with van der Waals surface area (Å²) in [5.41, 5.74) is -1.24. The van der Waals surface area contributed by atoms with Crippen LogP contribution in [0.1, 0.15) is 5.56 Å². The van der Waals surface area contributed by atoms with E-state index in [1.165, 1.54) is 0 Å². The van der Waals surface area contributed by atoms with Crippen molar-refractivity contribution in [2.24, 2.45) is 5.14 Å². The molecule has 0 radical (unpaired) electrons. The Morgan fingerprint density at radius 1 is 1.35 bits per heavy atom. The Morgan fingerprint density at radius 3 is 2.35 bits per heavy atom. The van der Waals surface area contributed by atoms with Crippen LogP contribution in [0.4, 0.5) is 14.5 Å². The average molecular weight is 268 g/mol. The van der Waals surface area contributed by atoms with E-state index in [0.717, 1.165) is 0 Å². The minimum Gasteiger partial charge on any atom is -0.258 e. The quantitative estimate of drug-likeness (QED) is 0.634. The first-order valence-corrected chi connectivity index (χ1v) is 5.47. The fourth-order valence-electron chi connectivity index (χ4n) is 1.01. The Kier molecular flexibility index (Phi) is 3.70. The van der Waals surface area contributed by atoms with E-state index in [4.69, 9.17) is 0 Å². The van der Waals surface area contributed by atoms with Gasteiger partial charge in [0.15, 0.2) is 11.6 Å². The summed E-state index contributed by atoms with van der Waals surface area (Å²) < 4.78 is 50.5. The van der Waals surface area contributed by atoms with Crippen molar-refractivity contribution in [2.75, 3.05) is 0 Å². The van der Waals surface area contributed by atoms with Gasteiger partial charge in [0.05, 0.1) is 23.2 Å². The minimum absolute atomic E-state index is 0.331. The number of benzene rings is 1. The van der Waals surface area contributed by atoms with Crippen molar-refractivity contribution < 1.29 is 26.3 Å². The smallest absolute Gasteiger partial charge is 0.258 e. The van der Waals surface area contributed by atoms with Gasteiger partial charge >= 0.3 is 10.3 Å². The number of nitro benzene ring substituents is 1. The summed E-state index contributed by atoms with van der Waals surface area (Å²) in [4.78, 5) is 9.49. The average Bonchev–Trinajstić information content (AvgIpc) is 2.17. The van der Waals surface area contributed by atoms with Gasteiger partial charge in [0.1, 0.15) is 0 Å². The van der Waals surface area contributed by atoms with Gasteiger partial charge in [-0.25, -0.2) is 13.9 Å². The van der Waals surface area contributed by atoms with E-state index >= 15 is 0 Å². The summed E-state index contributed by atoms with van der Waals surface area (Å²) in [5.74, 6) is -2.78. The highest BCUT2D eigenvalue weighted by atomic mass is 32.2. The molecule has 1 aromatic rings. The molecule has 0 aliphatic rings. The molecule has 0 amide bonds. The third kappa shape index (κ3) is 3.69. The Labute approximate surface area is 94.2 Å². The lowest BCUT2D eigenvalue weighted by Gasteiger charge is -2.03. The van der Waals surface area contributed by atoms with Crippen LogP contribution in [0, 0.1) is 21.7 Å². The molecule has 17 heavy (non-hydrogen) atoms. The Morgan fingerprint density at radius 2 is 1.88 bits per heavy atom. The topological polar surface area (TPSA) is 113 Å². The SMILES string of the molecule is NS(=O)(=O)OCc1cc(F)c(F)cc1[N+](=O)[O-]. The molecule has 0 bridgehead atoms. The maximum atomic E-state index is 12.8. The molecule has 1 rings (SSSR count). The monoisotopic (exact) mass is 268 g/mol. The zero-order valence-corrected chi connectivity index (χ0v) is 8.91. The Hall–Kier alpha value is -1.65. The standard InChI is InChI=1S/C7H6F2N2O5S/c8-5-1-4(3-16-17(10,14)15)7(11(12)13)2-6(5)9/h1-2H,3H2,(H2,10,14,15). The molecule has 0 fully saturated rings. The number of rotatable bonds is 4. The lowest BCUT2D eigenvalue weighted by molar-refractivity contribution is -0.386. The molecule has 0 unspecified atom stereocenters. The fraction of sp³-hybridized carbons (Fsp3) is 0.143. The van der Waals surface area contributed by atoms with E-state index in [9.17, 15) is 27.3 Å². The van der Waals surface area contributed by atoms with Gasteiger partial charge in [-0.05, 0) is 6.07 Å². The summed E-state index contributed by atoms with van der Waals surface area (Å²) in [5, 5.41) is 15.0. The molecule has 0 saturated carbocycles. The van der Waals surface area contributed by atoms with Crippen LogP contribution in [-0.2, 0) is 21.1 Å². The summed E-state index contributed by atoms with van der Waals surface area (Å²) in [7, 11) is -4.33. The van der Waals surface area contributed by atoms with E-state index in [-0.39, 0.29) is 0 Å². The first-order chi connectivity index (χ1) is 7.70. The summed E-state index contributed by atoms with van der Waals surface area (Å²) in [6.45, 7) is -0.855. The van der Waals surface area contributed by atoms with Gasteiger partial charge in [-0.2, -0.15) is 8.42 Å². The molecular formula is C7H6F2N2O5S. The van der Waals surface area contributed by atoms with Gasteiger partial charge in [-0.1, -0.05) is 0 Å². The van der Waals surface area contributed by atoms with Gasteiger partial charge in [0, 0.05) is 0 Å². The Balaban J connectivity index is 3.13. The first-order valence-electron chi connectivity index (χ1n) is 4.00. The molecule has 10 heteroatoms. The molecule has 0 aromatic heterocycles. The van der Waals surface area contributed by atoms with E-state index in [1.54, 1.807) is 0 Å². The molecule has 0 aliphatic carbocycles. The third-order valence-corrected chi connectivity index (χ3v) is 2.14. The zero-order chi connectivity index (χ0) is 13.2. The van der Waals surface area contributed by atoms with Crippen LogP contribution in [0.3, 0.4) is 0 Å².